The molecule has 1 aromatic carbocycles. The lowest BCUT2D eigenvalue weighted by molar-refractivity contribution is -0.136. The van der Waals surface area contributed by atoms with Crippen LogP contribution in [-0.2, 0) is 27.8 Å². The number of benzene rings is 1. The van der Waals surface area contributed by atoms with Gasteiger partial charge in [0, 0.05) is 22.3 Å². The molecule has 1 unspecified atom stereocenters. The third kappa shape index (κ3) is 4.46. The first kappa shape index (κ1) is 14.3. The van der Waals surface area contributed by atoms with Crippen LogP contribution in [0.5, 0.6) is 0 Å². The number of rotatable bonds is 6. The molecule has 2 rings (SSSR count). The van der Waals surface area contributed by atoms with Crippen LogP contribution in [0.4, 0.5) is 0 Å². The fraction of sp³-hybridized carbons (Fsp3) is 0.533. The van der Waals surface area contributed by atoms with Gasteiger partial charge >= 0.3 is 5.97 Å². The summed E-state index contributed by atoms with van der Waals surface area (Å²) in [5.74, 6) is 1.02. The zero-order chi connectivity index (χ0) is 13.7. The van der Waals surface area contributed by atoms with E-state index in [2.05, 4.69) is 0 Å². The number of hydrogen-bond acceptors (Lipinski definition) is 2. The number of aliphatic carboxylic acids is 1. The van der Waals surface area contributed by atoms with Gasteiger partial charge in [0.1, 0.15) is 0 Å². The Morgan fingerprint density at radius 1 is 1.21 bits per heavy atom. The quantitative estimate of drug-likeness (QED) is 0.871. The maximum absolute atomic E-state index is 12.2. The predicted octanol–water partition coefficient (Wildman–Crippen LogP) is 2.75. The Morgan fingerprint density at radius 2 is 1.84 bits per heavy atom. The van der Waals surface area contributed by atoms with Crippen molar-refractivity contribution in [2.45, 2.75) is 37.9 Å². The van der Waals surface area contributed by atoms with E-state index >= 15 is 0 Å². The normalized spacial score (nSPS) is 17.5. The second kappa shape index (κ2) is 6.85. The first-order valence-corrected chi connectivity index (χ1v) is 8.27. The van der Waals surface area contributed by atoms with Crippen LogP contribution in [0, 0.1) is 5.92 Å². The average molecular weight is 280 g/mol. The van der Waals surface area contributed by atoms with E-state index in [1.54, 1.807) is 0 Å². The minimum atomic E-state index is -0.879. The molecule has 1 saturated carbocycles. The Labute approximate surface area is 116 Å². The molecule has 1 aromatic rings. The summed E-state index contributed by atoms with van der Waals surface area (Å²) in [6, 6.07) is 7.43. The largest absolute Gasteiger partial charge is 0.481 e. The van der Waals surface area contributed by atoms with Crippen molar-refractivity contribution in [2.75, 3.05) is 5.75 Å². The van der Waals surface area contributed by atoms with Gasteiger partial charge in [0.2, 0.25) is 0 Å². The van der Waals surface area contributed by atoms with Gasteiger partial charge in [-0.3, -0.25) is 9.00 Å². The number of hydrogen-bond donors (Lipinski definition) is 1. The highest BCUT2D eigenvalue weighted by Crippen LogP contribution is 2.26. The van der Waals surface area contributed by atoms with Crippen LogP contribution in [0.25, 0.3) is 0 Å². The van der Waals surface area contributed by atoms with Crippen LogP contribution < -0.4 is 0 Å². The molecule has 1 aliphatic rings. The summed E-state index contributed by atoms with van der Waals surface area (Å²) in [5, 5.41) is 8.88. The first-order valence-electron chi connectivity index (χ1n) is 6.78. The maximum Gasteiger partial charge on any atom is 0.307 e. The predicted molar refractivity (Wildman–Crippen MR) is 76.5 cm³/mol. The summed E-state index contributed by atoms with van der Waals surface area (Å²) in [4.78, 5) is 10.8. The zero-order valence-corrected chi connectivity index (χ0v) is 11.8. The standard InChI is InChI=1S/C15H20O3S/c16-15(17)9-13-7-3-4-8-14(13)11-19(18)10-12-5-1-2-6-12/h3-4,7-8,12H,1-2,5-6,9-11H2,(H,16,17). The van der Waals surface area contributed by atoms with E-state index in [0.717, 1.165) is 16.9 Å². The van der Waals surface area contributed by atoms with Crippen LogP contribution in [0.1, 0.15) is 36.8 Å². The van der Waals surface area contributed by atoms with Gasteiger partial charge in [-0.1, -0.05) is 37.1 Å². The molecular formula is C15H20O3S. The lowest BCUT2D eigenvalue weighted by Gasteiger charge is -2.11. The third-order valence-corrected chi connectivity index (χ3v) is 5.15. The monoisotopic (exact) mass is 280 g/mol. The molecule has 0 radical (unpaired) electrons. The molecule has 1 N–H and O–H groups in total. The molecule has 0 spiro atoms. The third-order valence-electron chi connectivity index (χ3n) is 3.67. The van der Waals surface area contributed by atoms with E-state index in [1.165, 1.54) is 25.7 Å². The maximum atomic E-state index is 12.2. The zero-order valence-electron chi connectivity index (χ0n) is 11.0. The van der Waals surface area contributed by atoms with E-state index < -0.39 is 16.8 Å². The Balaban J connectivity index is 1.97. The van der Waals surface area contributed by atoms with E-state index in [-0.39, 0.29) is 6.42 Å². The summed E-state index contributed by atoms with van der Waals surface area (Å²) in [5.41, 5.74) is 1.70. The summed E-state index contributed by atoms with van der Waals surface area (Å²) >= 11 is 0. The molecule has 0 aromatic heterocycles. The molecule has 0 amide bonds. The Morgan fingerprint density at radius 3 is 2.47 bits per heavy atom. The van der Waals surface area contributed by atoms with Crippen LogP contribution in [0.3, 0.4) is 0 Å². The lowest BCUT2D eigenvalue weighted by atomic mass is 10.1. The van der Waals surface area contributed by atoms with Crippen molar-refractivity contribution in [2.24, 2.45) is 5.92 Å². The van der Waals surface area contributed by atoms with Crippen molar-refractivity contribution < 1.29 is 14.1 Å². The summed E-state index contributed by atoms with van der Waals surface area (Å²) in [6.07, 6.45) is 4.93. The van der Waals surface area contributed by atoms with Gasteiger partial charge in [0.25, 0.3) is 0 Å². The summed E-state index contributed by atoms with van der Waals surface area (Å²) in [6.45, 7) is 0. The van der Waals surface area contributed by atoms with Gasteiger partial charge in [0.15, 0.2) is 0 Å². The van der Waals surface area contributed by atoms with Gasteiger partial charge in [-0.25, -0.2) is 0 Å². The molecule has 0 saturated heterocycles. The molecule has 3 nitrogen and oxygen atoms in total. The topological polar surface area (TPSA) is 54.4 Å². The fourth-order valence-electron chi connectivity index (χ4n) is 2.71. The van der Waals surface area contributed by atoms with Crippen LogP contribution >= 0.6 is 0 Å². The Bertz CT molecular complexity index is 464. The Hall–Kier alpha value is -1.16. The van der Waals surface area contributed by atoms with Crippen molar-refractivity contribution in [3.05, 3.63) is 35.4 Å². The molecule has 0 aliphatic heterocycles. The van der Waals surface area contributed by atoms with Crippen LogP contribution in [-0.4, -0.2) is 21.0 Å². The molecular weight excluding hydrogens is 260 g/mol. The minimum absolute atomic E-state index is 0.0107. The van der Waals surface area contributed by atoms with Crippen molar-refractivity contribution in [1.82, 2.24) is 0 Å². The highest BCUT2D eigenvalue weighted by molar-refractivity contribution is 7.84. The molecule has 1 atom stereocenters. The second-order valence-corrected chi connectivity index (χ2v) is 6.74. The lowest BCUT2D eigenvalue weighted by Crippen LogP contribution is -2.11. The summed E-state index contributed by atoms with van der Waals surface area (Å²) < 4.78 is 12.2. The van der Waals surface area contributed by atoms with E-state index in [1.807, 2.05) is 24.3 Å². The van der Waals surface area contributed by atoms with E-state index in [4.69, 9.17) is 5.11 Å². The van der Waals surface area contributed by atoms with Gasteiger partial charge in [-0.15, -0.1) is 0 Å². The molecule has 1 fully saturated rings. The van der Waals surface area contributed by atoms with Crippen molar-refractivity contribution in [1.29, 1.82) is 0 Å². The van der Waals surface area contributed by atoms with Crippen LogP contribution in [0.15, 0.2) is 24.3 Å². The van der Waals surface area contributed by atoms with Gasteiger partial charge in [-0.2, -0.15) is 0 Å². The fourth-order valence-corrected chi connectivity index (χ4v) is 4.31. The smallest absolute Gasteiger partial charge is 0.307 e. The van der Waals surface area contributed by atoms with E-state index in [9.17, 15) is 9.00 Å². The molecule has 0 bridgehead atoms. The molecule has 4 heteroatoms. The minimum Gasteiger partial charge on any atom is -0.481 e. The number of carboxylic acid groups (broad SMARTS) is 1. The molecule has 1 aliphatic carbocycles. The highest BCUT2D eigenvalue weighted by atomic mass is 32.2. The SMILES string of the molecule is O=C(O)Cc1ccccc1CS(=O)CC1CCCC1. The van der Waals surface area contributed by atoms with Crippen molar-refractivity contribution in [3.8, 4) is 0 Å². The van der Waals surface area contributed by atoms with E-state index in [0.29, 0.717) is 11.7 Å². The average Bonchev–Trinajstić information content (AvgIpc) is 2.83. The van der Waals surface area contributed by atoms with Crippen LogP contribution in [0.2, 0.25) is 0 Å². The first-order chi connectivity index (χ1) is 9.15. The van der Waals surface area contributed by atoms with Crippen molar-refractivity contribution >= 4 is 16.8 Å². The molecule has 0 heterocycles. The Kier molecular flexibility index (Phi) is 5.14. The molecule has 19 heavy (non-hydrogen) atoms. The highest BCUT2D eigenvalue weighted by Gasteiger charge is 2.18. The number of carboxylic acids is 1. The van der Waals surface area contributed by atoms with Gasteiger partial charge in [-0.05, 0) is 29.9 Å². The van der Waals surface area contributed by atoms with Crippen molar-refractivity contribution in [3.63, 3.8) is 0 Å². The number of carbonyl (C=O) groups is 1. The molecule has 104 valence electrons. The summed E-state index contributed by atoms with van der Waals surface area (Å²) in [7, 11) is -0.879. The second-order valence-electron chi connectivity index (χ2n) is 5.24. The van der Waals surface area contributed by atoms with Gasteiger partial charge < -0.3 is 5.11 Å². The van der Waals surface area contributed by atoms with Gasteiger partial charge in [0.05, 0.1) is 6.42 Å².